The number of carbonyl (C=O) groups is 1. The Labute approximate surface area is 141 Å². The summed E-state index contributed by atoms with van der Waals surface area (Å²) in [5.41, 5.74) is -0.121. The van der Waals surface area contributed by atoms with Crippen LogP contribution in [0.4, 0.5) is 9.18 Å². The molecule has 23 heavy (non-hydrogen) atoms. The lowest BCUT2D eigenvalue weighted by Crippen LogP contribution is -2.44. The Balaban J connectivity index is 2.06. The second-order valence-electron chi connectivity index (χ2n) is 6.98. The SMILES string of the molecule is CC(C)(C)OC(=O)N1CCCC(C(O)c2cc(F)cc(Cl)c2)C1. The van der Waals surface area contributed by atoms with Crippen molar-refractivity contribution < 1.29 is 19.0 Å². The van der Waals surface area contributed by atoms with Crippen LogP contribution >= 0.6 is 11.6 Å². The summed E-state index contributed by atoms with van der Waals surface area (Å²) in [6.45, 7) is 6.42. The van der Waals surface area contributed by atoms with Gasteiger partial charge in [-0.3, -0.25) is 0 Å². The van der Waals surface area contributed by atoms with Gasteiger partial charge >= 0.3 is 6.09 Å². The van der Waals surface area contributed by atoms with E-state index in [-0.39, 0.29) is 17.0 Å². The van der Waals surface area contributed by atoms with E-state index in [9.17, 15) is 14.3 Å². The van der Waals surface area contributed by atoms with Crippen molar-refractivity contribution in [2.24, 2.45) is 5.92 Å². The van der Waals surface area contributed by atoms with Crippen LogP contribution in [0.2, 0.25) is 5.02 Å². The highest BCUT2D eigenvalue weighted by Gasteiger charge is 2.31. The minimum absolute atomic E-state index is 0.172. The third kappa shape index (κ3) is 5.08. The third-order valence-electron chi connectivity index (χ3n) is 3.78. The Morgan fingerprint density at radius 2 is 2.13 bits per heavy atom. The lowest BCUT2D eigenvalue weighted by molar-refractivity contribution is 0.00234. The smallest absolute Gasteiger partial charge is 0.410 e. The lowest BCUT2D eigenvalue weighted by atomic mass is 9.88. The average molecular weight is 344 g/mol. The molecule has 0 aromatic heterocycles. The molecule has 1 aliphatic rings. The molecule has 4 nitrogen and oxygen atoms in total. The van der Waals surface area contributed by atoms with Crippen molar-refractivity contribution in [3.8, 4) is 0 Å². The number of piperidine rings is 1. The molecule has 1 amide bonds. The molecular weight excluding hydrogens is 321 g/mol. The summed E-state index contributed by atoms with van der Waals surface area (Å²) in [5.74, 6) is -0.652. The van der Waals surface area contributed by atoms with E-state index in [4.69, 9.17) is 16.3 Å². The number of hydrogen-bond donors (Lipinski definition) is 1. The molecule has 1 aliphatic heterocycles. The number of hydrogen-bond acceptors (Lipinski definition) is 3. The van der Waals surface area contributed by atoms with Crippen LogP contribution in [-0.2, 0) is 4.74 Å². The molecule has 0 saturated carbocycles. The van der Waals surface area contributed by atoms with Crippen molar-refractivity contribution in [3.63, 3.8) is 0 Å². The summed E-state index contributed by atoms with van der Waals surface area (Å²) in [7, 11) is 0. The van der Waals surface area contributed by atoms with Gasteiger partial charge in [-0.25, -0.2) is 9.18 Å². The van der Waals surface area contributed by atoms with Crippen molar-refractivity contribution in [3.05, 3.63) is 34.6 Å². The van der Waals surface area contributed by atoms with E-state index >= 15 is 0 Å². The van der Waals surface area contributed by atoms with Crippen LogP contribution in [0, 0.1) is 11.7 Å². The Morgan fingerprint density at radius 3 is 2.74 bits per heavy atom. The van der Waals surface area contributed by atoms with Crippen LogP contribution in [0.3, 0.4) is 0 Å². The van der Waals surface area contributed by atoms with Crippen LogP contribution in [0.1, 0.15) is 45.3 Å². The largest absolute Gasteiger partial charge is 0.444 e. The van der Waals surface area contributed by atoms with Gasteiger partial charge in [0.1, 0.15) is 11.4 Å². The van der Waals surface area contributed by atoms with Gasteiger partial charge in [0.15, 0.2) is 0 Å². The molecule has 1 heterocycles. The van der Waals surface area contributed by atoms with Crippen LogP contribution in [0.15, 0.2) is 18.2 Å². The second-order valence-corrected chi connectivity index (χ2v) is 7.41. The normalized spacial score (nSPS) is 20.3. The lowest BCUT2D eigenvalue weighted by Gasteiger charge is -2.36. The Morgan fingerprint density at radius 1 is 1.43 bits per heavy atom. The summed E-state index contributed by atoms with van der Waals surface area (Å²) in [5, 5.41) is 10.8. The fourth-order valence-electron chi connectivity index (χ4n) is 2.78. The molecule has 1 fully saturated rings. The Bertz CT molecular complexity index is 553. The van der Waals surface area contributed by atoms with Gasteiger partial charge in [0, 0.05) is 24.0 Å². The van der Waals surface area contributed by atoms with Crippen LogP contribution in [0.25, 0.3) is 0 Å². The first-order valence-corrected chi connectivity index (χ1v) is 8.15. The maximum atomic E-state index is 13.5. The topological polar surface area (TPSA) is 49.8 Å². The molecule has 1 N–H and O–H groups in total. The Hall–Kier alpha value is -1.33. The number of halogens is 2. The highest BCUT2D eigenvalue weighted by atomic mass is 35.5. The fraction of sp³-hybridized carbons (Fsp3) is 0.588. The zero-order chi connectivity index (χ0) is 17.2. The monoisotopic (exact) mass is 343 g/mol. The molecule has 1 aromatic rings. The van der Waals surface area contributed by atoms with Crippen molar-refractivity contribution >= 4 is 17.7 Å². The summed E-state index contributed by atoms with van der Waals surface area (Å²) in [6, 6.07) is 4.04. The van der Waals surface area contributed by atoms with Gasteiger partial charge in [-0.2, -0.15) is 0 Å². The van der Waals surface area contributed by atoms with Crippen LogP contribution < -0.4 is 0 Å². The molecule has 0 radical (unpaired) electrons. The van der Waals surface area contributed by atoms with Crippen molar-refractivity contribution in [2.75, 3.05) is 13.1 Å². The quantitative estimate of drug-likeness (QED) is 0.877. The predicted molar refractivity (Wildman–Crippen MR) is 86.9 cm³/mol. The third-order valence-corrected chi connectivity index (χ3v) is 4.00. The molecule has 1 saturated heterocycles. The predicted octanol–water partition coefficient (Wildman–Crippen LogP) is 4.16. The van der Waals surface area contributed by atoms with E-state index in [1.807, 2.05) is 20.8 Å². The summed E-state index contributed by atoms with van der Waals surface area (Å²) in [6.07, 6.45) is 0.277. The van der Waals surface area contributed by atoms with Gasteiger partial charge in [-0.15, -0.1) is 0 Å². The van der Waals surface area contributed by atoms with Crippen molar-refractivity contribution in [1.82, 2.24) is 4.90 Å². The number of aliphatic hydroxyl groups excluding tert-OH is 1. The first-order valence-electron chi connectivity index (χ1n) is 7.78. The number of rotatable bonds is 2. The number of aliphatic hydroxyl groups is 1. The number of carbonyl (C=O) groups excluding carboxylic acids is 1. The Kier molecular flexibility index (Phi) is 5.53. The van der Waals surface area contributed by atoms with Crippen molar-refractivity contribution in [2.45, 2.75) is 45.3 Å². The van der Waals surface area contributed by atoms with Gasteiger partial charge in [-0.05, 0) is 57.4 Å². The van der Waals surface area contributed by atoms with Crippen LogP contribution in [-0.4, -0.2) is 34.8 Å². The number of amides is 1. The molecular formula is C17H23ClFNO3. The van der Waals surface area contributed by atoms with E-state index in [0.717, 1.165) is 12.8 Å². The number of benzene rings is 1. The molecule has 2 unspecified atom stereocenters. The van der Waals surface area contributed by atoms with E-state index < -0.39 is 17.5 Å². The van der Waals surface area contributed by atoms with Gasteiger partial charge in [0.05, 0.1) is 6.10 Å². The highest BCUT2D eigenvalue weighted by Crippen LogP contribution is 2.32. The molecule has 0 aliphatic carbocycles. The molecule has 6 heteroatoms. The first-order chi connectivity index (χ1) is 10.7. The second kappa shape index (κ2) is 7.05. The zero-order valence-corrected chi connectivity index (χ0v) is 14.4. The molecule has 2 atom stereocenters. The number of ether oxygens (including phenoxy) is 1. The van der Waals surface area contributed by atoms with E-state index in [1.165, 1.54) is 12.1 Å². The van der Waals surface area contributed by atoms with E-state index in [1.54, 1.807) is 11.0 Å². The molecule has 0 bridgehead atoms. The summed E-state index contributed by atoms with van der Waals surface area (Å²) >= 11 is 5.85. The summed E-state index contributed by atoms with van der Waals surface area (Å²) < 4.78 is 18.8. The maximum absolute atomic E-state index is 13.5. The van der Waals surface area contributed by atoms with Gasteiger partial charge in [0.25, 0.3) is 0 Å². The minimum atomic E-state index is -0.867. The molecule has 1 aromatic carbocycles. The van der Waals surface area contributed by atoms with Crippen molar-refractivity contribution in [1.29, 1.82) is 0 Å². The minimum Gasteiger partial charge on any atom is -0.444 e. The first kappa shape index (κ1) is 18.0. The van der Waals surface area contributed by atoms with Crippen LogP contribution in [0.5, 0.6) is 0 Å². The zero-order valence-electron chi connectivity index (χ0n) is 13.7. The maximum Gasteiger partial charge on any atom is 0.410 e. The van der Waals surface area contributed by atoms with Gasteiger partial charge in [-0.1, -0.05) is 11.6 Å². The highest BCUT2D eigenvalue weighted by molar-refractivity contribution is 6.30. The molecule has 128 valence electrons. The van der Waals surface area contributed by atoms with E-state index in [2.05, 4.69) is 0 Å². The number of nitrogens with zero attached hydrogens (tertiary/aromatic N) is 1. The fourth-order valence-corrected chi connectivity index (χ4v) is 3.01. The number of likely N-dealkylation sites (tertiary alicyclic amines) is 1. The summed E-state index contributed by atoms with van der Waals surface area (Å²) in [4.78, 5) is 13.8. The average Bonchev–Trinajstić information content (AvgIpc) is 2.44. The molecule has 0 spiro atoms. The van der Waals surface area contributed by atoms with Gasteiger partial charge < -0.3 is 14.7 Å². The van der Waals surface area contributed by atoms with E-state index in [0.29, 0.717) is 18.7 Å². The van der Waals surface area contributed by atoms with Gasteiger partial charge in [0.2, 0.25) is 0 Å². The molecule has 2 rings (SSSR count). The standard InChI is InChI=1S/C17H23ClFNO3/c1-17(2,3)23-16(22)20-6-4-5-11(10-20)15(21)12-7-13(18)9-14(19)8-12/h7-9,11,15,21H,4-6,10H2,1-3H3.